The zero-order valence-electron chi connectivity index (χ0n) is 7.54. The molecule has 0 saturated carbocycles. The smallest absolute Gasteiger partial charge is 0.387 e. The summed E-state index contributed by atoms with van der Waals surface area (Å²) in [5, 5.41) is 0.258. The molecule has 1 rings (SSSR count). The maximum Gasteiger partial charge on any atom is 0.387 e. The largest absolute Gasteiger partial charge is 0.434 e. The number of hydrogen-bond acceptors (Lipinski definition) is 3. The maximum atomic E-state index is 12.0. The Kier molecular flexibility index (Phi) is 3.99. The number of ether oxygens (including phenoxy) is 1. The Morgan fingerprint density at radius 2 is 2.20 bits per heavy atom. The van der Waals surface area contributed by atoms with Crippen LogP contribution < -0.4 is 10.5 Å². The predicted octanol–water partition coefficient (Wildman–Crippen LogP) is 2.08. The van der Waals surface area contributed by atoms with E-state index in [2.05, 4.69) is 4.74 Å². The summed E-state index contributed by atoms with van der Waals surface area (Å²) in [7, 11) is 0. The molecule has 0 aromatic heterocycles. The molecule has 1 aromatic rings. The second kappa shape index (κ2) is 5.04. The van der Waals surface area contributed by atoms with Gasteiger partial charge in [-0.25, -0.2) is 0 Å². The second-order valence-corrected chi connectivity index (χ2v) is 3.08. The summed E-state index contributed by atoms with van der Waals surface area (Å²) in [5.74, 6) is -0.724. The number of alkyl halides is 2. The summed E-state index contributed by atoms with van der Waals surface area (Å²) in [6.07, 6.45) is 0. The minimum atomic E-state index is -2.99. The van der Waals surface area contributed by atoms with E-state index in [9.17, 15) is 13.6 Å². The number of benzene rings is 1. The van der Waals surface area contributed by atoms with Gasteiger partial charge in [-0.3, -0.25) is 4.79 Å². The van der Waals surface area contributed by atoms with Crippen LogP contribution in [-0.2, 0) is 0 Å². The van der Waals surface area contributed by atoms with Gasteiger partial charge in [0.2, 0.25) is 0 Å². The number of carbonyl (C=O) groups is 1. The number of rotatable bonds is 4. The highest BCUT2D eigenvalue weighted by Crippen LogP contribution is 2.24. The average Bonchev–Trinajstić information content (AvgIpc) is 2.19. The third kappa shape index (κ3) is 3.14. The van der Waals surface area contributed by atoms with Crippen LogP contribution in [0.1, 0.15) is 10.4 Å². The van der Waals surface area contributed by atoms with Gasteiger partial charge in [0.1, 0.15) is 5.75 Å². The molecule has 0 amide bonds. The van der Waals surface area contributed by atoms with Crippen molar-refractivity contribution >= 4 is 17.4 Å². The van der Waals surface area contributed by atoms with Gasteiger partial charge >= 0.3 is 6.61 Å². The SMILES string of the molecule is NCC(=O)c1cc(Cl)ccc1OC(F)F. The molecule has 0 atom stereocenters. The van der Waals surface area contributed by atoms with Gasteiger partial charge < -0.3 is 10.5 Å². The summed E-state index contributed by atoms with van der Waals surface area (Å²) in [5.41, 5.74) is 5.08. The van der Waals surface area contributed by atoms with E-state index in [4.69, 9.17) is 17.3 Å². The van der Waals surface area contributed by atoms with Crippen molar-refractivity contribution in [2.24, 2.45) is 5.73 Å². The van der Waals surface area contributed by atoms with Crippen molar-refractivity contribution in [2.75, 3.05) is 6.54 Å². The topological polar surface area (TPSA) is 52.3 Å². The van der Waals surface area contributed by atoms with Crippen molar-refractivity contribution in [3.8, 4) is 5.75 Å². The van der Waals surface area contributed by atoms with Crippen LogP contribution in [0.5, 0.6) is 5.75 Å². The molecule has 0 spiro atoms. The van der Waals surface area contributed by atoms with Crippen LogP contribution in [0.15, 0.2) is 18.2 Å². The van der Waals surface area contributed by atoms with Gasteiger partial charge in [-0.1, -0.05) is 11.6 Å². The molecule has 0 radical (unpaired) electrons. The number of halogens is 3. The first-order valence-corrected chi connectivity index (χ1v) is 4.40. The lowest BCUT2D eigenvalue weighted by Crippen LogP contribution is -2.16. The molecule has 0 unspecified atom stereocenters. The fraction of sp³-hybridized carbons (Fsp3) is 0.222. The lowest BCUT2D eigenvalue weighted by atomic mass is 10.1. The Morgan fingerprint density at radius 1 is 1.53 bits per heavy atom. The third-order valence-electron chi connectivity index (χ3n) is 1.64. The van der Waals surface area contributed by atoms with Crippen LogP contribution in [0.2, 0.25) is 5.02 Å². The first-order valence-electron chi connectivity index (χ1n) is 4.02. The van der Waals surface area contributed by atoms with Crippen LogP contribution >= 0.6 is 11.6 Å². The third-order valence-corrected chi connectivity index (χ3v) is 1.88. The van der Waals surface area contributed by atoms with Gasteiger partial charge in [0.15, 0.2) is 5.78 Å². The normalized spacial score (nSPS) is 10.5. The Labute approximate surface area is 89.8 Å². The van der Waals surface area contributed by atoms with E-state index in [1.165, 1.54) is 18.2 Å². The van der Waals surface area contributed by atoms with E-state index in [0.717, 1.165) is 0 Å². The van der Waals surface area contributed by atoms with E-state index in [1.807, 2.05) is 0 Å². The molecule has 15 heavy (non-hydrogen) atoms. The summed E-state index contributed by atoms with van der Waals surface area (Å²) in [4.78, 5) is 11.3. The van der Waals surface area contributed by atoms with Gasteiger partial charge in [0, 0.05) is 5.02 Å². The van der Waals surface area contributed by atoms with Crippen molar-refractivity contribution < 1.29 is 18.3 Å². The Balaban J connectivity index is 3.08. The Morgan fingerprint density at radius 3 is 2.73 bits per heavy atom. The van der Waals surface area contributed by atoms with Gasteiger partial charge in [0.05, 0.1) is 12.1 Å². The molecule has 0 saturated heterocycles. The van der Waals surface area contributed by atoms with Gasteiger partial charge in [0.25, 0.3) is 0 Å². The molecule has 0 fully saturated rings. The van der Waals surface area contributed by atoms with Crippen LogP contribution in [-0.4, -0.2) is 18.9 Å². The second-order valence-electron chi connectivity index (χ2n) is 2.65. The van der Waals surface area contributed by atoms with Crippen LogP contribution in [0, 0.1) is 0 Å². The molecule has 2 N–H and O–H groups in total. The number of Topliss-reactive ketones (excluding diaryl/α,β-unsaturated/α-hetero) is 1. The molecule has 0 aliphatic carbocycles. The molecular formula is C9H8ClF2NO2. The standard InChI is InChI=1S/C9H8ClF2NO2/c10-5-1-2-8(15-9(11)12)6(3-5)7(14)4-13/h1-3,9H,4,13H2. The minimum Gasteiger partial charge on any atom is -0.434 e. The zero-order chi connectivity index (χ0) is 11.4. The van der Waals surface area contributed by atoms with Gasteiger partial charge in [-0.15, -0.1) is 0 Å². The first kappa shape index (κ1) is 11.9. The van der Waals surface area contributed by atoms with Crippen molar-refractivity contribution in [1.29, 1.82) is 0 Å². The molecule has 6 heteroatoms. The lowest BCUT2D eigenvalue weighted by molar-refractivity contribution is -0.0501. The van der Waals surface area contributed by atoms with Crippen LogP contribution in [0.25, 0.3) is 0 Å². The van der Waals surface area contributed by atoms with Crippen molar-refractivity contribution in [1.82, 2.24) is 0 Å². The van der Waals surface area contributed by atoms with Gasteiger partial charge in [-0.2, -0.15) is 8.78 Å². The van der Waals surface area contributed by atoms with E-state index < -0.39 is 12.4 Å². The molecule has 0 aliphatic heterocycles. The average molecular weight is 236 g/mol. The fourth-order valence-electron chi connectivity index (χ4n) is 1.03. The molecule has 1 aromatic carbocycles. The van der Waals surface area contributed by atoms with Crippen LogP contribution in [0.3, 0.4) is 0 Å². The van der Waals surface area contributed by atoms with Gasteiger partial charge in [-0.05, 0) is 18.2 Å². The zero-order valence-corrected chi connectivity index (χ0v) is 8.30. The van der Waals surface area contributed by atoms with E-state index >= 15 is 0 Å². The van der Waals surface area contributed by atoms with E-state index in [1.54, 1.807) is 0 Å². The molecule has 82 valence electrons. The van der Waals surface area contributed by atoms with Crippen molar-refractivity contribution in [3.63, 3.8) is 0 Å². The predicted molar refractivity (Wildman–Crippen MR) is 51.5 cm³/mol. The summed E-state index contributed by atoms with van der Waals surface area (Å²) >= 11 is 5.62. The molecule has 0 bridgehead atoms. The Bertz CT molecular complexity index is 371. The molecule has 0 aliphatic rings. The maximum absolute atomic E-state index is 12.0. The van der Waals surface area contributed by atoms with Crippen LogP contribution in [0.4, 0.5) is 8.78 Å². The lowest BCUT2D eigenvalue weighted by Gasteiger charge is -2.09. The fourth-order valence-corrected chi connectivity index (χ4v) is 1.20. The van der Waals surface area contributed by atoms with Crippen molar-refractivity contribution in [3.05, 3.63) is 28.8 Å². The minimum absolute atomic E-state index is 0.0368. The van der Waals surface area contributed by atoms with E-state index in [-0.39, 0.29) is 22.9 Å². The number of nitrogens with two attached hydrogens (primary N) is 1. The highest BCUT2D eigenvalue weighted by molar-refractivity contribution is 6.31. The highest BCUT2D eigenvalue weighted by Gasteiger charge is 2.14. The number of hydrogen-bond donors (Lipinski definition) is 1. The molecule has 3 nitrogen and oxygen atoms in total. The first-order chi connectivity index (χ1) is 7.04. The van der Waals surface area contributed by atoms with E-state index in [0.29, 0.717) is 0 Å². The summed E-state index contributed by atoms with van der Waals surface area (Å²) in [6.45, 7) is -3.28. The van der Waals surface area contributed by atoms with Crippen molar-refractivity contribution in [2.45, 2.75) is 6.61 Å². The monoisotopic (exact) mass is 235 g/mol. The number of carbonyl (C=O) groups excluding carboxylic acids is 1. The summed E-state index contributed by atoms with van der Waals surface area (Å²) < 4.78 is 28.1. The Hall–Kier alpha value is -1.20. The quantitative estimate of drug-likeness (QED) is 0.813. The number of ketones is 1. The summed E-state index contributed by atoms with van der Waals surface area (Å²) in [6, 6.07) is 3.80. The molecular weight excluding hydrogens is 228 g/mol. The highest BCUT2D eigenvalue weighted by atomic mass is 35.5. The molecule has 0 heterocycles.